The van der Waals surface area contributed by atoms with E-state index in [0.29, 0.717) is 33.2 Å². The monoisotopic (exact) mass is 486 g/mol. The minimum Gasteiger partial charge on any atom is -0.493 e. The molecule has 3 aromatic carbocycles. The van der Waals surface area contributed by atoms with Gasteiger partial charge in [-0.2, -0.15) is 5.10 Å². The van der Waals surface area contributed by atoms with E-state index < -0.39 is 0 Å². The van der Waals surface area contributed by atoms with Crippen molar-refractivity contribution in [1.82, 2.24) is 5.43 Å². The third-order valence-corrected chi connectivity index (χ3v) is 5.31. The fourth-order valence-corrected chi connectivity index (χ4v) is 3.54. The largest absolute Gasteiger partial charge is 0.493 e. The first-order chi connectivity index (χ1) is 14.5. The zero-order valence-electron chi connectivity index (χ0n) is 16.5. The lowest BCUT2D eigenvalue weighted by molar-refractivity contribution is 0.0954. The normalized spacial score (nSPS) is 10.8. The topological polar surface area (TPSA) is 59.9 Å². The summed E-state index contributed by atoms with van der Waals surface area (Å²) in [7, 11) is 1.56. The lowest BCUT2D eigenvalue weighted by Crippen LogP contribution is -2.18. The number of hydrazone groups is 1. The SMILES string of the molecule is COc1cc(/C=N\NC(=O)c2ccccc2C)cc(Br)c1OCc1ccccc1Cl. The van der Waals surface area contributed by atoms with Crippen LogP contribution >= 0.6 is 27.5 Å². The highest BCUT2D eigenvalue weighted by Crippen LogP contribution is 2.37. The summed E-state index contributed by atoms with van der Waals surface area (Å²) in [6.45, 7) is 2.18. The first-order valence-corrected chi connectivity index (χ1v) is 10.3. The number of halogens is 2. The van der Waals surface area contributed by atoms with E-state index >= 15 is 0 Å². The highest BCUT2D eigenvalue weighted by atomic mass is 79.9. The molecule has 3 aromatic rings. The van der Waals surface area contributed by atoms with Gasteiger partial charge in [-0.1, -0.05) is 48.0 Å². The first kappa shape index (κ1) is 21.9. The van der Waals surface area contributed by atoms with Crippen LogP contribution in [0.1, 0.15) is 27.0 Å². The van der Waals surface area contributed by atoms with E-state index in [-0.39, 0.29) is 5.91 Å². The zero-order valence-corrected chi connectivity index (χ0v) is 18.8. The van der Waals surface area contributed by atoms with Crippen molar-refractivity contribution in [1.29, 1.82) is 0 Å². The summed E-state index contributed by atoms with van der Waals surface area (Å²) in [4.78, 5) is 12.3. The van der Waals surface area contributed by atoms with Gasteiger partial charge in [0, 0.05) is 16.1 Å². The number of amides is 1. The lowest BCUT2D eigenvalue weighted by atomic mass is 10.1. The van der Waals surface area contributed by atoms with Gasteiger partial charge in [0.15, 0.2) is 11.5 Å². The van der Waals surface area contributed by atoms with E-state index in [1.54, 1.807) is 25.5 Å². The Hall–Kier alpha value is -2.83. The van der Waals surface area contributed by atoms with E-state index in [4.69, 9.17) is 21.1 Å². The summed E-state index contributed by atoms with van der Waals surface area (Å²) in [5.74, 6) is 0.816. The minimum absolute atomic E-state index is 0.268. The van der Waals surface area contributed by atoms with E-state index in [1.807, 2.05) is 55.5 Å². The number of benzene rings is 3. The summed E-state index contributed by atoms with van der Waals surface area (Å²) in [5, 5.41) is 4.69. The quantitative estimate of drug-likeness (QED) is 0.340. The van der Waals surface area contributed by atoms with Crippen LogP contribution in [0.3, 0.4) is 0 Å². The average molecular weight is 488 g/mol. The summed E-state index contributed by atoms with van der Waals surface area (Å²) < 4.78 is 12.1. The molecule has 0 aliphatic carbocycles. The number of carbonyl (C=O) groups excluding carboxylic acids is 1. The molecule has 0 spiro atoms. The summed E-state index contributed by atoms with van der Waals surface area (Å²) >= 11 is 9.70. The van der Waals surface area contributed by atoms with Gasteiger partial charge in [0.1, 0.15) is 6.61 Å². The molecule has 1 amide bonds. The number of nitrogens with zero attached hydrogens (tertiary/aromatic N) is 1. The molecule has 0 aliphatic rings. The Balaban J connectivity index is 1.72. The van der Waals surface area contributed by atoms with Crippen molar-refractivity contribution in [2.75, 3.05) is 7.11 Å². The van der Waals surface area contributed by atoms with Crippen molar-refractivity contribution in [3.63, 3.8) is 0 Å². The Labute approximate surface area is 188 Å². The summed E-state index contributed by atoms with van der Waals surface area (Å²) in [6.07, 6.45) is 1.54. The molecule has 154 valence electrons. The Morgan fingerprint density at radius 2 is 1.90 bits per heavy atom. The van der Waals surface area contributed by atoms with Crippen LogP contribution in [0.5, 0.6) is 11.5 Å². The first-order valence-electron chi connectivity index (χ1n) is 9.12. The molecule has 0 heterocycles. The van der Waals surface area contributed by atoms with Crippen molar-refractivity contribution >= 4 is 39.7 Å². The Bertz CT molecular complexity index is 1090. The Morgan fingerprint density at radius 1 is 1.17 bits per heavy atom. The van der Waals surface area contributed by atoms with E-state index in [0.717, 1.165) is 16.7 Å². The van der Waals surface area contributed by atoms with Gasteiger partial charge in [0.25, 0.3) is 5.91 Å². The van der Waals surface area contributed by atoms with Gasteiger partial charge in [-0.25, -0.2) is 5.43 Å². The van der Waals surface area contributed by atoms with Gasteiger partial charge in [-0.05, 0) is 58.2 Å². The van der Waals surface area contributed by atoms with E-state index in [2.05, 4.69) is 26.5 Å². The van der Waals surface area contributed by atoms with Crippen molar-refractivity contribution < 1.29 is 14.3 Å². The van der Waals surface area contributed by atoms with Crippen LogP contribution < -0.4 is 14.9 Å². The third kappa shape index (κ3) is 5.40. The van der Waals surface area contributed by atoms with Crippen LogP contribution in [0.2, 0.25) is 5.02 Å². The average Bonchev–Trinajstić information content (AvgIpc) is 2.74. The number of hydrogen-bond donors (Lipinski definition) is 1. The third-order valence-electron chi connectivity index (χ3n) is 4.35. The molecule has 0 bridgehead atoms. The fourth-order valence-electron chi connectivity index (χ4n) is 2.77. The van der Waals surface area contributed by atoms with Crippen molar-refractivity contribution in [2.45, 2.75) is 13.5 Å². The Morgan fingerprint density at radius 3 is 2.63 bits per heavy atom. The number of methoxy groups -OCH3 is 1. The molecule has 0 atom stereocenters. The molecule has 30 heavy (non-hydrogen) atoms. The molecule has 0 aliphatic heterocycles. The second kappa shape index (κ2) is 10.3. The maximum absolute atomic E-state index is 12.3. The van der Waals surface area contributed by atoms with Crippen LogP contribution in [0, 0.1) is 6.92 Å². The van der Waals surface area contributed by atoms with Crippen LogP contribution in [-0.2, 0) is 6.61 Å². The fraction of sp³-hybridized carbons (Fsp3) is 0.130. The zero-order chi connectivity index (χ0) is 21.5. The minimum atomic E-state index is -0.268. The van der Waals surface area contributed by atoms with Gasteiger partial charge in [-0.3, -0.25) is 4.79 Å². The molecule has 0 saturated carbocycles. The van der Waals surface area contributed by atoms with Gasteiger partial charge in [-0.15, -0.1) is 0 Å². The molecule has 0 aromatic heterocycles. The van der Waals surface area contributed by atoms with Crippen molar-refractivity contribution in [3.05, 3.63) is 92.4 Å². The molecule has 0 unspecified atom stereocenters. The van der Waals surface area contributed by atoms with Crippen LogP contribution in [0.25, 0.3) is 0 Å². The van der Waals surface area contributed by atoms with Crippen LogP contribution in [0.4, 0.5) is 0 Å². The van der Waals surface area contributed by atoms with Crippen molar-refractivity contribution in [3.8, 4) is 11.5 Å². The molecule has 3 rings (SSSR count). The molecular formula is C23H20BrClN2O3. The number of aryl methyl sites for hydroxylation is 1. The lowest BCUT2D eigenvalue weighted by Gasteiger charge is -2.14. The number of ether oxygens (including phenoxy) is 2. The smallest absolute Gasteiger partial charge is 0.271 e. The number of rotatable bonds is 7. The molecule has 7 heteroatoms. The number of hydrogen-bond acceptors (Lipinski definition) is 4. The molecule has 0 radical (unpaired) electrons. The molecule has 1 N–H and O–H groups in total. The maximum Gasteiger partial charge on any atom is 0.271 e. The number of nitrogens with one attached hydrogen (secondary N) is 1. The van der Waals surface area contributed by atoms with Crippen LogP contribution in [-0.4, -0.2) is 19.2 Å². The van der Waals surface area contributed by atoms with Gasteiger partial charge >= 0.3 is 0 Å². The Kier molecular flexibility index (Phi) is 7.49. The molecular weight excluding hydrogens is 468 g/mol. The number of carbonyl (C=O) groups is 1. The van der Waals surface area contributed by atoms with Gasteiger partial charge in [0.05, 0.1) is 17.8 Å². The van der Waals surface area contributed by atoms with Gasteiger partial charge in [0.2, 0.25) is 0 Å². The van der Waals surface area contributed by atoms with Crippen LogP contribution in [0.15, 0.2) is 70.2 Å². The highest BCUT2D eigenvalue weighted by molar-refractivity contribution is 9.10. The maximum atomic E-state index is 12.3. The standard InChI is InChI=1S/C23H20BrClN2O3/c1-15-7-3-5-9-18(15)23(28)27-26-13-16-11-19(24)22(21(12-16)29-2)30-14-17-8-4-6-10-20(17)25/h3-13H,14H2,1-2H3,(H,27,28)/b26-13-. The summed E-state index contributed by atoms with van der Waals surface area (Å²) in [6, 6.07) is 18.4. The molecule has 5 nitrogen and oxygen atoms in total. The highest BCUT2D eigenvalue weighted by Gasteiger charge is 2.13. The molecule has 0 fully saturated rings. The van der Waals surface area contributed by atoms with Crippen molar-refractivity contribution in [2.24, 2.45) is 5.10 Å². The predicted octanol–water partition coefficient (Wildman–Crippen LogP) is 5.76. The predicted molar refractivity (Wildman–Crippen MR) is 123 cm³/mol. The second-order valence-electron chi connectivity index (χ2n) is 6.43. The summed E-state index contributed by atoms with van der Waals surface area (Å²) in [5.41, 5.74) is 5.61. The second-order valence-corrected chi connectivity index (χ2v) is 7.69. The van der Waals surface area contributed by atoms with E-state index in [9.17, 15) is 4.79 Å². The van der Waals surface area contributed by atoms with Gasteiger partial charge < -0.3 is 9.47 Å². The molecule has 0 saturated heterocycles. The van der Waals surface area contributed by atoms with E-state index in [1.165, 1.54) is 0 Å².